The molecule has 0 aliphatic carbocycles. The zero-order valence-corrected chi connectivity index (χ0v) is 32.5. The molecule has 0 bridgehead atoms. The molecule has 236 valence electrons. The highest BCUT2D eigenvalue weighted by Gasteiger charge is 2.28. The lowest BCUT2D eigenvalue weighted by Crippen LogP contribution is -2.21. The van der Waals surface area contributed by atoms with Crippen LogP contribution in [0.5, 0.6) is 23.0 Å². The van der Waals surface area contributed by atoms with Crippen LogP contribution in [0.4, 0.5) is 0 Å². The molecule has 0 spiro atoms. The first-order valence-electron chi connectivity index (χ1n) is 12.7. The van der Waals surface area contributed by atoms with Gasteiger partial charge in [0.25, 0.3) is 0 Å². The lowest BCUT2D eigenvalue weighted by Gasteiger charge is -2.28. The Kier molecular flexibility index (Phi) is 12.6. The third-order valence-electron chi connectivity index (χ3n) is 6.35. The first-order chi connectivity index (χ1) is 21.1. The van der Waals surface area contributed by atoms with Crippen molar-refractivity contribution in [3.63, 3.8) is 0 Å². The third-order valence-corrected chi connectivity index (χ3v) is 9.77. The van der Waals surface area contributed by atoms with Crippen molar-refractivity contribution in [3.8, 4) is 23.0 Å². The molecule has 0 aromatic heterocycles. The molecule has 4 aromatic carbocycles. The van der Waals surface area contributed by atoms with Crippen molar-refractivity contribution in [3.05, 3.63) is 110 Å². The van der Waals surface area contributed by atoms with Gasteiger partial charge in [-0.3, -0.25) is 0 Å². The minimum Gasteiger partial charge on any atom is -0.480 e. The van der Waals surface area contributed by atoms with Gasteiger partial charge in [0.05, 0.1) is 27.9 Å². The van der Waals surface area contributed by atoms with Gasteiger partial charge in [-0.1, -0.05) is 60.3 Å². The zero-order valence-electron chi connectivity index (χ0n) is 23.2. The molecule has 0 fully saturated rings. The van der Waals surface area contributed by atoms with Crippen molar-refractivity contribution >= 4 is 122 Å². The van der Waals surface area contributed by atoms with Gasteiger partial charge in [0.2, 0.25) is 0 Å². The van der Waals surface area contributed by atoms with Gasteiger partial charge in [-0.05, 0) is 136 Å². The summed E-state index contributed by atoms with van der Waals surface area (Å²) in [7, 11) is 0. The van der Waals surface area contributed by atoms with Crippen LogP contribution in [0.2, 0.25) is 20.1 Å². The Labute approximate surface area is 313 Å². The SMILES string of the molecule is CC(C)(c1cc(Br)c(OC(=O)COc2ccc(Cl)cc2Cl)c(Br)c1)c1cc(Br)c(OC(=O)COc2ccc(Cl)cc2Cl)c(Br)c1. The molecule has 0 N–H and O–H groups in total. The number of hydrogen-bond acceptors (Lipinski definition) is 6. The fourth-order valence-corrected chi connectivity index (χ4v) is 7.57. The molecule has 0 saturated heterocycles. The Balaban J connectivity index is 1.45. The lowest BCUT2D eigenvalue weighted by atomic mass is 9.78. The van der Waals surface area contributed by atoms with Crippen molar-refractivity contribution in [1.29, 1.82) is 0 Å². The molecule has 0 unspecified atom stereocenters. The van der Waals surface area contributed by atoms with E-state index in [1.54, 1.807) is 24.3 Å². The number of carbonyl (C=O) groups excluding carboxylic acids is 2. The Bertz CT molecular complexity index is 1610. The van der Waals surface area contributed by atoms with Gasteiger partial charge < -0.3 is 18.9 Å². The third kappa shape index (κ3) is 9.32. The van der Waals surface area contributed by atoms with Crippen LogP contribution in [0.25, 0.3) is 0 Å². The van der Waals surface area contributed by atoms with Crippen molar-refractivity contribution in [2.24, 2.45) is 0 Å². The predicted octanol–water partition coefficient (Wildman–Crippen LogP) is 11.6. The molecule has 6 nitrogen and oxygen atoms in total. The van der Waals surface area contributed by atoms with Crippen molar-refractivity contribution in [1.82, 2.24) is 0 Å². The second-order valence-electron chi connectivity index (χ2n) is 9.84. The van der Waals surface area contributed by atoms with Crippen LogP contribution in [0.3, 0.4) is 0 Å². The van der Waals surface area contributed by atoms with E-state index >= 15 is 0 Å². The van der Waals surface area contributed by atoms with Crippen LogP contribution < -0.4 is 18.9 Å². The van der Waals surface area contributed by atoms with Gasteiger partial charge in [-0.15, -0.1) is 0 Å². The lowest BCUT2D eigenvalue weighted by molar-refractivity contribution is -0.137. The summed E-state index contributed by atoms with van der Waals surface area (Å²) < 4.78 is 24.3. The van der Waals surface area contributed by atoms with E-state index < -0.39 is 17.4 Å². The molecule has 0 heterocycles. The first kappa shape index (κ1) is 36.3. The van der Waals surface area contributed by atoms with Gasteiger partial charge >= 0.3 is 11.9 Å². The van der Waals surface area contributed by atoms with Gasteiger partial charge in [-0.2, -0.15) is 0 Å². The number of hydrogen-bond donors (Lipinski definition) is 0. The number of halogens is 8. The summed E-state index contributed by atoms with van der Waals surface area (Å²) in [5.41, 5.74) is 1.23. The van der Waals surface area contributed by atoms with Gasteiger partial charge in [0.15, 0.2) is 24.7 Å². The monoisotopic (exact) mass is 944 g/mol. The van der Waals surface area contributed by atoms with Crippen LogP contribution >= 0.6 is 110 Å². The Morgan fingerprint density at radius 3 is 1.24 bits per heavy atom. The van der Waals surface area contributed by atoms with E-state index in [1.807, 2.05) is 38.1 Å². The predicted molar refractivity (Wildman–Crippen MR) is 191 cm³/mol. The number of benzene rings is 4. The zero-order chi connectivity index (χ0) is 33.1. The second kappa shape index (κ2) is 15.6. The standard InChI is InChI=1S/C31H20Br4Cl4O6/c1-31(2,15-7-19(32)29(20(33)8-15)44-27(40)13-42-25-5-3-17(36)11-23(25)38)16-9-21(34)30(22(35)10-16)45-28(41)14-43-26-6-4-18(37)12-24(26)39/h3-12H,13-14H2,1-2H3. The smallest absolute Gasteiger partial charge is 0.349 e. The molecule has 0 atom stereocenters. The van der Waals surface area contributed by atoms with E-state index in [4.69, 9.17) is 65.4 Å². The van der Waals surface area contributed by atoms with Gasteiger partial charge in [0.1, 0.15) is 11.5 Å². The van der Waals surface area contributed by atoms with E-state index in [0.717, 1.165) is 11.1 Å². The minimum atomic E-state index is -0.630. The molecule has 0 radical (unpaired) electrons. The average Bonchev–Trinajstić information content (AvgIpc) is 2.95. The van der Waals surface area contributed by atoms with Crippen LogP contribution in [0.15, 0.2) is 78.6 Å². The summed E-state index contributed by atoms with van der Waals surface area (Å²) in [5, 5.41) is 1.46. The van der Waals surface area contributed by atoms with E-state index in [0.29, 0.717) is 39.4 Å². The summed E-state index contributed by atoms with van der Waals surface area (Å²) in [6.45, 7) is 3.32. The molecule has 0 aliphatic rings. The Hall–Kier alpha value is -1.50. The molecule has 45 heavy (non-hydrogen) atoms. The van der Waals surface area contributed by atoms with E-state index in [-0.39, 0.29) is 34.8 Å². The quantitative estimate of drug-likeness (QED) is 0.117. The number of ether oxygens (including phenoxy) is 4. The maximum atomic E-state index is 12.6. The first-order valence-corrected chi connectivity index (χ1v) is 17.4. The molecular weight excluding hydrogens is 930 g/mol. The molecule has 0 aliphatic heterocycles. The van der Waals surface area contributed by atoms with Gasteiger partial charge in [-0.25, -0.2) is 9.59 Å². The van der Waals surface area contributed by atoms with Crippen molar-refractivity contribution < 1.29 is 28.5 Å². The summed E-state index contributed by atoms with van der Waals surface area (Å²) in [4.78, 5) is 25.1. The second-order valence-corrected chi connectivity index (χ2v) is 14.9. The number of carbonyl (C=O) groups is 2. The maximum Gasteiger partial charge on any atom is 0.349 e. The Morgan fingerprint density at radius 1 is 0.600 bits per heavy atom. The Morgan fingerprint density at radius 2 is 0.933 bits per heavy atom. The van der Waals surface area contributed by atoms with Crippen molar-refractivity contribution in [2.45, 2.75) is 19.3 Å². The van der Waals surface area contributed by atoms with Crippen LogP contribution in [0.1, 0.15) is 25.0 Å². The largest absolute Gasteiger partial charge is 0.480 e. The highest BCUT2D eigenvalue weighted by Crippen LogP contribution is 2.44. The maximum absolute atomic E-state index is 12.6. The molecular formula is C31H20Br4Cl4O6. The van der Waals surface area contributed by atoms with Crippen LogP contribution in [-0.4, -0.2) is 25.2 Å². The van der Waals surface area contributed by atoms with Gasteiger partial charge in [0, 0.05) is 15.5 Å². The van der Waals surface area contributed by atoms with Crippen LogP contribution in [0, 0.1) is 0 Å². The van der Waals surface area contributed by atoms with E-state index in [1.165, 1.54) is 12.1 Å². The van der Waals surface area contributed by atoms with Crippen molar-refractivity contribution in [2.75, 3.05) is 13.2 Å². The van der Waals surface area contributed by atoms with E-state index in [9.17, 15) is 9.59 Å². The fraction of sp³-hybridized carbons (Fsp3) is 0.161. The summed E-state index contributed by atoms with van der Waals surface area (Å²) >= 11 is 38.1. The molecule has 14 heteroatoms. The average molecular weight is 950 g/mol. The molecule has 4 rings (SSSR count). The fourth-order valence-electron chi connectivity index (χ4n) is 3.95. The molecule has 0 amide bonds. The minimum absolute atomic E-state index is 0.280. The van der Waals surface area contributed by atoms with E-state index in [2.05, 4.69) is 63.7 Å². The summed E-state index contributed by atoms with van der Waals surface area (Å²) in [6.07, 6.45) is 0. The van der Waals surface area contributed by atoms with Crippen LogP contribution in [-0.2, 0) is 15.0 Å². The highest BCUT2D eigenvalue weighted by molar-refractivity contribution is 9.11. The summed E-state index contributed by atoms with van der Waals surface area (Å²) in [5.74, 6) is -0.0672. The number of esters is 2. The highest BCUT2D eigenvalue weighted by atomic mass is 79.9. The molecule has 0 saturated carbocycles. The molecule has 4 aromatic rings. The number of rotatable bonds is 10. The normalized spacial score (nSPS) is 11.2. The summed E-state index contributed by atoms with van der Waals surface area (Å²) in [6, 6.07) is 16.8. The topological polar surface area (TPSA) is 71.1 Å².